The van der Waals surface area contributed by atoms with Crippen molar-refractivity contribution in [1.82, 2.24) is 15.0 Å². The highest BCUT2D eigenvalue weighted by atomic mass is 19.4. The molecular formula is C18H20F4N6O5. The van der Waals surface area contributed by atoms with Crippen molar-refractivity contribution in [2.75, 3.05) is 37.1 Å². The monoisotopic (exact) mass is 476 g/mol. The van der Waals surface area contributed by atoms with Gasteiger partial charge in [0.2, 0.25) is 12.3 Å². The first-order valence-electron chi connectivity index (χ1n) is 9.27. The first-order valence-corrected chi connectivity index (χ1v) is 9.27. The second-order valence-electron chi connectivity index (χ2n) is 6.41. The smallest absolute Gasteiger partial charge is 0.422 e. The number of pyridine rings is 1. The van der Waals surface area contributed by atoms with E-state index in [-0.39, 0.29) is 23.8 Å². The molecular weight excluding hydrogens is 456 g/mol. The SMILES string of the molecule is CCN(C=O)/C(CO)=N\N(C)c1nc(OCC(F)(F)F)c(C(=O)Nc2conc2C)cc1F. The third kappa shape index (κ3) is 6.61. The molecule has 0 unspecified atom stereocenters. The van der Waals surface area contributed by atoms with E-state index in [1.807, 2.05) is 0 Å². The lowest BCUT2D eigenvalue weighted by molar-refractivity contribution is -0.154. The van der Waals surface area contributed by atoms with Crippen molar-refractivity contribution in [3.8, 4) is 5.88 Å². The summed E-state index contributed by atoms with van der Waals surface area (Å²) < 4.78 is 62.2. The topological polar surface area (TPSA) is 133 Å². The molecule has 11 nitrogen and oxygen atoms in total. The molecule has 0 saturated heterocycles. The lowest BCUT2D eigenvalue weighted by Gasteiger charge is -2.21. The number of anilines is 2. The second kappa shape index (κ2) is 10.7. The second-order valence-corrected chi connectivity index (χ2v) is 6.41. The van der Waals surface area contributed by atoms with Gasteiger partial charge >= 0.3 is 6.18 Å². The van der Waals surface area contributed by atoms with Crippen LogP contribution in [0.3, 0.4) is 0 Å². The molecule has 2 aromatic rings. The Kier molecular flexibility index (Phi) is 8.28. The maximum Gasteiger partial charge on any atom is 0.422 e. The molecule has 0 fully saturated rings. The minimum absolute atomic E-state index is 0.106. The van der Waals surface area contributed by atoms with Crippen LogP contribution in [0.4, 0.5) is 29.1 Å². The van der Waals surface area contributed by atoms with Crippen molar-refractivity contribution >= 4 is 29.7 Å². The van der Waals surface area contributed by atoms with Gasteiger partial charge in [0.1, 0.15) is 29.8 Å². The molecule has 2 amide bonds. The number of nitrogens with one attached hydrogen (secondary N) is 1. The van der Waals surface area contributed by atoms with E-state index < -0.39 is 48.4 Å². The normalized spacial score (nSPS) is 11.8. The highest BCUT2D eigenvalue weighted by Crippen LogP contribution is 2.28. The summed E-state index contributed by atoms with van der Waals surface area (Å²) in [6.07, 6.45) is -3.31. The molecule has 0 radical (unpaired) electrons. The van der Waals surface area contributed by atoms with Crippen molar-refractivity contribution in [2.24, 2.45) is 5.10 Å². The Bertz CT molecular complexity index is 1030. The van der Waals surface area contributed by atoms with E-state index in [9.17, 15) is 32.3 Å². The van der Waals surface area contributed by atoms with E-state index in [0.717, 1.165) is 16.2 Å². The van der Waals surface area contributed by atoms with Crippen LogP contribution in [-0.2, 0) is 4.79 Å². The van der Waals surface area contributed by atoms with Crippen LogP contribution in [0, 0.1) is 12.7 Å². The Morgan fingerprint density at radius 3 is 2.64 bits per heavy atom. The van der Waals surface area contributed by atoms with E-state index >= 15 is 0 Å². The molecule has 180 valence electrons. The average molecular weight is 476 g/mol. The molecule has 0 aliphatic heterocycles. The standard InChI is InChI=1S/C18H20F4N6O5/c1-4-28(9-30)14(6-29)25-27(3)15-12(19)5-11(17(24-15)32-8-18(20,21)22)16(31)23-13-7-33-26-10(13)2/h5,7,9,29H,4,6,8H2,1-3H3,(H,23,31)/b25-14-. The first kappa shape index (κ1) is 25.5. The summed E-state index contributed by atoms with van der Waals surface area (Å²) in [6.45, 7) is 0.711. The van der Waals surface area contributed by atoms with Crippen LogP contribution in [0.25, 0.3) is 0 Å². The predicted octanol–water partition coefficient (Wildman–Crippen LogP) is 1.93. The molecule has 2 rings (SSSR count). The molecule has 0 aliphatic carbocycles. The number of halogens is 4. The number of aliphatic hydroxyl groups excluding tert-OH is 1. The third-order valence-electron chi connectivity index (χ3n) is 4.05. The number of aliphatic hydroxyl groups is 1. The lowest BCUT2D eigenvalue weighted by atomic mass is 10.2. The quantitative estimate of drug-likeness (QED) is 0.184. The van der Waals surface area contributed by atoms with Gasteiger partial charge in [0, 0.05) is 13.6 Å². The van der Waals surface area contributed by atoms with E-state index in [2.05, 4.69) is 29.8 Å². The van der Waals surface area contributed by atoms with Crippen molar-refractivity contribution < 1.29 is 41.5 Å². The molecule has 0 atom stereocenters. The molecule has 2 heterocycles. The molecule has 0 aromatic carbocycles. The van der Waals surface area contributed by atoms with E-state index in [0.29, 0.717) is 12.5 Å². The third-order valence-corrected chi connectivity index (χ3v) is 4.05. The highest BCUT2D eigenvalue weighted by Gasteiger charge is 2.31. The summed E-state index contributed by atoms with van der Waals surface area (Å²) in [4.78, 5) is 28.3. The van der Waals surface area contributed by atoms with Gasteiger partial charge in [-0.15, -0.1) is 0 Å². The van der Waals surface area contributed by atoms with Crippen molar-refractivity contribution in [3.63, 3.8) is 0 Å². The number of carbonyl (C=O) groups excluding carboxylic acids is 2. The summed E-state index contributed by atoms with van der Waals surface area (Å²) in [5.41, 5.74) is -0.259. The van der Waals surface area contributed by atoms with Crippen LogP contribution in [0.5, 0.6) is 5.88 Å². The number of aromatic nitrogens is 2. The summed E-state index contributed by atoms with van der Waals surface area (Å²) in [5.74, 6) is -3.81. The molecule has 33 heavy (non-hydrogen) atoms. The zero-order valence-electron chi connectivity index (χ0n) is 17.7. The number of nitrogens with zero attached hydrogens (tertiary/aromatic N) is 5. The van der Waals surface area contributed by atoms with Crippen LogP contribution >= 0.6 is 0 Å². The number of hydrogen-bond acceptors (Lipinski definition) is 9. The Morgan fingerprint density at radius 1 is 1.42 bits per heavy atom. The minimum atomic E-state index is -4.77. The summed E-state index contributed by atoms with van der Waals surface area (Å²) in [5, 5.41) is 19.9. The van der Waals surface area contributed by atoms with Crippen LogP contribution in [-0.4, -0.2) is 71.3 Å². The molecule has 0 spiro atoms. The van der Waals surface area contributed by atoms with E-state index in [1.54, 1.807) is 6.92 Å². The van der Waals surface area contributed by atoms with Gasteiger partial charge in [-0.3, -0.25) is 14.5 Å². The van der Waals surface area contributed by atoms with Gasteiger partial charge in [-0.05, 0) is 19.9 Å². The minimum Gasteiger partial charge on any atom is -0.467 e. The number of likely N-dealkylation sites (N-methyl/N-ethyl adjacent to an activating group) is 1. The number of aryl methyl sites for hydroxylation is 1. The van der Waals surface area contributed by atoms with Gasteiger partial charge in [0.15, 0.2) is 24.1 Å². The Morgan fingerprint density at radius 2 is 2.12 bits per heavy atom. The summed E-state index contributed by atoms with van der Waals surface area (Å²) in [6, 6.07) is 0.619. The van der Waals surface area contributed by atoms with E-state index in [4.69, 9.17) is 0 Å². The van der Waals surface area contributed by atoms with Gasteiger partial charge in [0.05, 0.1) is 0 Å². The zero-order valence-corrected chi connectivity index (χ0v) is 17.7. The van der Waals surface area contributed by atoms with Crippen molar-refractivity contribution in [1.29, 1.82) is 0 Å². The van der Waals surface area contributed by atoms with E-state index in [1.165, 1.54) is 14.0 Å². The number of amidine groups is 1. The van der Waals surface area contributed by atoms with Crippen LogP contribution < -0.4 is 15.1 Å². The lowest BCUT2D eigenvalue weighted by Crippen LogP contribution is -2.34. The van der Waals surface area contributed by atoms with Gasteiger partial charge in [0.25, 0.3) is 5.91 Å². The number of hydrazone groups is 1. The maximum absolute atomic E-state index is 14.8. The van der Waals surface area contributed by atoms with Crippen molar-refractivity contribution in [3.05, 3.63) is 29.4 Å². The van der Waals surface area contributed by atoms with Crippen LogP contribution in [0.15, 0.2) is 22.0 Å². The molecule has 2 N–H and O–H groups in total. The molecule has 0 bridgehead atoms. The largest absolute Gasteiger partial charge is 0.467 e. The van der Waals surface area contributed by atoms with Gasteiger partial charge < -0.3 is 19.7 Å². The highest BCUT2D eigenvalue weighted by molar-refractivity contribution is 6.06. The number of hydrogen-bond donors (Lipinski definition) is 2. The molecule has 0 aliphatic rings. The Balaban J connectivity index is 2.47. The number of alkyl halides is 3. The van der Waals surface area contributed by atoms with Gasteiger partial charge in [-0.25, -0.2) is 9.40 Å². The number of amides is 2. The van der Waals surface area contributed by atoms with Crippen LogP contribution in [0.1, 0.15) is 23.0 Å². The average Bonchev–Trinajstić information content (AvgIpc) is 3.16. The fourth-order valence-electron chi connectivity index (χ4n) is 2.43. The number of rotatable bonds is 9. The molecule has 15 heteroatoms. The fourth-order valence-corrected chi connectivity index (χ4v) is 2.43. The number of carbonyl (C=O) groups is 2. The van der Waals surface area contributed by atoms with Crippen LogP contribution in [0.2, 0.25) is 0 Å². The Labute approximate surface area is 184 Å². The maximum atomic E-state index is 14.8. The molecule has 0 saturated carbocycles. The number of ether oxygens (including phenoxy) is 1. The van der Waals surface area contributed by atoms with Crippen molar-refractivity contribution in [2.45, 2.75) is 20.0 Å². The van der Waals surface area contributed by atoms with Gasteiger partial charge in [-0.1, -0.05) is 5.16 Å². The summed E-state index contributed by atoms with van der Waals surface area (Å²) >= 11 is 0. The fraction of sp³-hybridized carbons (Fsp3) is 0.389. The molecule has 2 aromatic heterocycles. The predicted molar refractivity (Wildman–Crippen MR) is 106 cm³/mol. The van der Waals surface area contributed by atoms with Gasteiger partial charge in [-0.2, -0.15) is 23.3 Å². The zero-order chi connectivity index (χ0) is 24.8. The first-order chi connectivity index (χ1) is 15.5. The Hall–Kier alpha value is -3.75. The summed E-state index contributed by atoms with van der Waals surface area (Å²) in [7, 11) is 1.17.